The van der Waals surface area contributed by atoms with Crippen LogP contribution in [0.5, 0.6) is 0 Å². The molecule has 26 heavy (non-hydrogen) atoms. The summed E-state index contributed by atoms with van der Waals surface area (Å²) < 4.78 is 0. The summed E-state index contributed by atoms with van der Waals surface area (Å²) in [6.45, 7) is 2.50. The van der Waals surface area contributed by atoms with E-state index in [9.17, 15) is 0 Å². The minimum Gasteiger partial charge on any atom is -0.396 e. The first kappa shape index (κ1) is 21.7. The fraction of sp³-hybridized carbons (Fsp3) is 0.545. The van der Waals surface area contributed by atoms with Gasteiger partial charge in [-0.25, -0.2) is 0 Å². The molecule has 4 heteroatoms. The summed E-state index contributed by atoms with van der Waals surface area (Å²) in [5.41, 5.74) is 2.04. The van der Waals surface area contributed by atoms with Gasteiger partial charge in [-0.2, -0.15) is 10.5 Å². The lowest BCUT2D eigenvalue weighted by molar-refractivity contribution is 0.282. The van der Waals surface area contributed by atoms with Crippen molar-refractivity contribution in [2.24, 2.45) is 0 Å². The quantitative estimate of drug-likeness (QED) is 0.366. The summed E-state index contributed by atoms with van der Waals surface area (Å²) in [5, 5.41) is 30.2. The molecule has 4 nitrogen and oxygen atoms in total. The molecular weight excluding hydrogens is 322 g/mol. The average molecular weight is 354 g/mol. The molecule has 2 N–H and O–H groups in total. The molecule has 0 aliphatic carbocycles. The van der Waals surface area contributed by atoms with E-state index in [1.165, 1.54) is 25.7 Å². The maximum atomic E-state index is 8.93. The number of rotatable bonds is 13. The van der Waals surface area contributed by atoms with E-state index in [0.717, 1.165) is 43.4 Å². The van der Waals surface area contributed by atoms with Crippen molar-refractivity contribution in [3.05, 3.63) is 35.4 Å². The predicted octanol–water partition coefficient (Wildman–Crippen LogP) is 5.42. The average Bonchev–Trinajstić information content (AvgIpc) is 2.67. The number of aliphatic hydroxyl groups excluding tert-OH is 1. The van der Waals surface area contributed by atoms with Crippen molar-refractivity contribution in [1.29, 1.82) is 10.5 Å². The fourth-order valence-electron chi connectivity index (χ4n) is 2.95. The minimum absolute atomic E-state index is 0.114. The normalized spacial score (nSPS) is 11.2. The number of hydrogen-bond acceptors (Lipinski definition) is 4. The first-order valence-corrected chi connectivity index (χ1v) is 9.72. The summed E-state index contributed by atoms with van der Waals surface area (Å²) >= 11 is 0. The third-order valence-electron chi connectivity index (χ3n) is 4.45. The number of unbranched alkanes of at least 4 members (excludes halogenated alkanes) is 5. The third-order valence-corrected chi connectivity index (χ3v) is 4.45. The smallest absolute Gasteiger partial charge is 0.130 e. The van der Waals surface area contributed by atoms with Gasteiger partial charge in [0.15, 0.2) is 0 Å². The van der Waals surface area contributed by atoms with Gasteiger partial charge in [0, 0.05) is 18.3 Å². The van der Waals surface area contributed by atoms with Crippen LogP contribution >= 0.6 is 0 Å². The summed E-state index contributed by atoms with van der Waals surface area (Å²) in [7, 11) is 0. The number of nitriles is 2. The summed E-state index contributed by atoms with van der Waals surface area (Å²) in [6.07, 6.45) is 12.0. The molecule has 0 spiro atoms. The highest BCUT2D eigenvalue weighted by Crippen LogP contribution is 2.19. The molecule has 0 saturated carbocycles. The molecule has 0 aromatic heterocycles. The highest BCUT2D eigenvalue weighted by Gasteiger charge is 2.08. The molecule has 1 atom stereocenters. The lowest BCUT2D eigenvalue weighted by Gasteiger charge is -2.20. The van der Waals surface area contributed by atoms with Gasteiger partial charge in [-0.05, 0) is 43.0 Å². The zero-order valence-corrected chi connectivity index (χ0v) is 15.9. The molecule has 1 aromatic carbocycles. The first-order valence-electron chi connectivity index (χ1n) is 9.72. The summed E-state index contributed by atoms with van der Waals surface area (Å²) in [4.78, 5) is 0. The molecule has 0 fully saturated rings. The van der Waals surface area contributed by atoms with Gasteiger partial charge in [-0.3, -0.25) is 0 Å². The van der Waals surface area contributed by atoms with Crippen LogP contribution in [-0.2, 0) is 0 Å². The molecule has 0 radical (unpaired) electrons. The molecule has 140 valence electrons. The van der Waals surface area contributed by atoms with Gasteiger partial charge in [-0.1, -0.05) is 57.6 Å². The fourth-order valence-corrected chi connectivity index (χ4v) is 2.95. The Morgan fingerprint density at radius 3 is 2.15 bits per heavy atom. The number of hydrogen-bond donors (Lipinski definition) is 2. The molecule has 1 aromatic rings. The van der Waals surface area contributed by atoms with E-state index < -0.39 is 0 Å². The SMILES string of the molecule is CCCCCCC(CCCCCO)Nc1ccc(C=C(C#N)C#N)cc1. The zero-order chi connectivity index (χ0) is 19.0. The zero-order valence-electron chi connectivity index (χ0n) is 15.9. The van der Waals surface area contributed by atoms with Gasteiger partial charge in [0.05, 0.1) is 0 Å². The second-order valence-corrected chi connectivity index (χ2v) is 6.67. The molecule has 0 aliphatic rings. The van der Waals surface area contributed by atoms with Crippen molar-refractivity contribution in [3.8, 4) is 12.1 Å². The number of nitrogens with zero attached hydrogens (tertiary/aromatic N) is 2. The molecule has 1 rings (SSSR count). The second kappa shape index (κ2) is 13.9. The van der Waals surface area contributed by atoms with Crippen molar-refractivity contribution in [2.45, 2.75) is 70.8 Å². The van der Waals surface area contributed by atoms with Crippen LogP contribution < -0.4 is 5.32 Å². The highest BCUT2D eigenvalue weighted by molar-refractivity contribution is 5.63. The highest BCUT2D eigenvalue weighted by atomic mass is 16.2. The van der Waals surface area contributed by atoms with Crippen molar-refractivity contribution in [3.63, 3.8) is 0 Å². The van der Waals surface area contributed by atoms with Gasteiger partial charge in [-0.15, -0.1) is 0 Å². The van der Waals surface area contributed by atoms with Crippen LogP contribution in [0.1, 0.15) is 70.3 Å². The van der Waals surface area contributed by atoms with Gasteiger partial charge in [0.1, 0.15) is 17.7 Å². The van der Waals surface area contributed by atoms with Crippen LogP contribution in [0.2, 0.25) is 0 Å². The Balaban J connectivity index is 2.62. The number of aliphatic hydroxyl groups is 1. The van der Waals surface area contributed by atoms with E-state index >= 15 is 0 Å². The Morgan fingerprint density at radius 2 is 1.62 bits per heavy atom. The monoisotopic (exact) mass is 353 g/mol. The van der Waals surface area contributed by atoms with Crippen LogP contribution in [0.15, 0.2) is 29.8 Å². The van der Waals surface area contributed by atoms with Gasteiger partial charge in [0.25, 0.3) is 0 Å². The Bertz CT molecular complexity index is 580. The summed E-state index contributed by atoms with van der Waals surface area (Å²) in [5.74, 6) is 0. The van der Waals surface area contributed by atoms with Crippen molar-refractivity contribution in [2.75, 3.05) is 11.9 Å². The van der Waals surface area contributed by atoms with Crippen molar-refractivity contribution >= 4 is 11.8 Å². The van der Waals surface area contributed by atoms with E-state index in [2.05, 4.69) is 12.2 Å². The third kappa shape index (κ3) is 9.25. The largest absolute Gasteiger partial charge is 0.396 e. The van der Waals surface area contributed by atoms with Gasteiger partial charge >= 0.3 is 0 Å². The topological polar surface area (TPSA) is 79.8 Å². The standard InChI is InChI=1S/C22H31N3O/c1-2-3-4-6-9-21(10-7-5-8-15-26)25-22-13-11-19(12-14-22)16-20(17-23)18-24/h11-14,16,21,25-26H,2-10,15H2,1H3. The Morgan fingerprint density at radius 1 is 1.00 bits per heavy atom. The van der Waals surface area contributed by atoms with Crippen molar-refractivity contribution < 1.29 is 5.11 Å². The molecule has 0 amide bonds. The predicted molar refractivity (Wildman–Crippen MR) is 107 cm³/mol. The summed E-state index contributed by atoms with van der Waals surface area (Å²) in [6, 6.07) is 12.1. The lowest BCUT2D eigenvalue weighted by Crippen LogP contribution is -2.19. The maximum absolute atomic E-state index is 8.93. The van der Waals surface area contributed by atoms with Crippen LogP contribution in [0, 0.1) is 22.7 Å². The second-order valence-electron chi connectivity index (χ2n) is 6.67. The molecule has 0 aliphatic heterocycles. The minimum atomic E-state index is 0.114. The van der Waals surface area contributed by atoms with Crippen LogP contribution in [-0.4, -0.2) is 17.8 Å². The first-order chi connectivity index (χ1) is 12.7. The number of allylic oxidation sites excluding steroid dienone is 1. The number of anilines is 1. The van der Waals surface area contributed by atoms with E-state index in [0.29, 0.717) is 6.04 Å². The Kier molecular flexibility index (Phi) is 11.6. The van der Waals surface area contributed by atoms with Gasteiger partial charge in [0.2, 0.25) is 0 Å². The van der Waals surface area contributed by atoms with Crippen LogP contribution in [0.25, 0.3) is 6.08 Å². The maximum Gasteiger partial charge on any atom is 0.130 e. The molecular formula is C22H31N3O. The van der Waals surface area contributed by atoms with Crippen molar-refractivity contribution in [1.82, 2.24) is 0 Å². The lowest BCUT2D eigenvalue weighted by atomic mass is 10.0. The molecule has 0 bridgehead atoms. The van der Waals surface area contributed by atoms with E-state index in [4.69, 9.17) is 15.6 Å². The number of benzene rings is 1. The molecule has 1 unspecified atom stereocenters. The van der Waals surface area contributed by atoms with Crippen LogP contribution in [0.4, 0.5) is 5.69 Å². The van der Waals surface area contributed by atoms with E-state index in [1.807, 2.05) is 36.4 Å². The number of nitrogens with one attached hydrogen (secondary N) is 1. The Labute approximate surface area is 158 Å². The van der Waals surface area contributed by atoms with Crippen LogP contribution in [0.3, 0.4) is 0 Å². The van der Waals surface area contributed by atoms with E-state index in [-0.39, 0.29) is 12.2 Å². The molecule has 0 heterocycles. The van der Waals surface area contributed by atoms with E-state index in [1.54, 1.807) is 6.08 Å². The van der Waals surface area contributed by atoms with Gasteiger partial charge < -0.3 is 10.4 Å². The Hall–Kier alpha value is -2.30. The molecule has 0 saturated heterocycles.